The van der Waals surface area contributed by atoms with Gasteiger partial charge in [0.15, 0.2) is 0 Å². The molecule has 1 unspecified atom stereocenters. The molecule has 0 aliphatic carbocycles. The summed E-state index contributed by atoms with van der Waals surface area (Å²) >= 11 is 0. The van der Waals surface area contributed by atoms with Crippen molar-refractivity contribution in [3.63, 3.8) is 0 Å². The van der Waals surface area contributed by atoms with Gasteiger partial charge < -0.3 is 10.1 Å². The molecule has 0 bridgehead atoms. The number of nitrogens with one attached hydrogen (secondary N) is 1. The fourth-order valence-corrected chi connectivity index (χ4v) is 1.91. The standard InChI is InChI=1S/C15H19N3O2/c1-10-7-5-6-8-12(10)13-9-14(18(3)17-13)16-15(19)11(2)20-4/h5-9,11H,1-4H3,(H,16,19). The van der Waals surface area contributed by atoms with Crippen molar-refractivity contribution in [1.29, 1.82) is 0 Å². The molecule has 2 rings (SSSR count). The number of hydrogen-bond donors (Lipinski definition) is 1. The molecule has 0 radical (unpaired) electrons. The number of aryl methyl sites for hydroxylation is 2. The minimum absolute atomic E-state index is 0.188. The van der Waals surface area contributed by atoms with Crippen LogP contribution in [0.1, 0.15) is 12.5 Å². The summed E-state index contributed by atoms with van der Waals surface area (Å²) in [6.07, 6.45) is -0.494. The summed E-state index contributed by atoms with van der Waals surface area (Å²) in [5.41, 5.74) is 3.04. The van der Waals surface area contributed by atoms with Gasteiger partial charge in [0.25, 0.3) is 5.91 Å². The number of carbonyl (C=O) groups is 1. The Morgan fingerprint density at radius 3 is 2.75 bits per heavy atom. The first-order valence-electron chi connectivity index (χ1n) is 6.46. The summed E-state index contributed by atoms with van der Waals surface area (Å²) in [4.78, 5) is 11.8. The highest BCUT2D eigenvalue weighted by Gasteiger charge is 2.15. The van der Waals surface area contributed by atoms with Crippen LogP contribution in [-0.2, 0) is 16.6 Å². The van der Waals surface area contributed by atoms with Crippen molar-refractivity contribution < 1.29 is 9.53 Å². The van der Waals surface area contributed by atoms with E-state index in [1.54, 1.807) is 18.7 Å². The van der Waals surface area contributed by atoms with E-state index in [1.165, 1.54) is 7.11 Å². The lowest BCUT2D eigenvalue weighted by atomic mass is 10.1. The molecular formula is C15H19N3O2. The maximum absolute atomic E-state index is 11.8. The van der Waals surface area contributed by atoms with Crippen molar-refractivity contribution in [2.45, 2.75) is 20.0 Å². The van der Waals surface area contributed by atoms with Gasteiger partial charge in [-0.15, -0.1) is 0 Å². The highest BCUT2D eigenvalue weighted by atomic mass is 16.5. The van der Waals surface area contributed by atoms with Gasteiger partial charge >= 0.3 is 0 Å². The molecule has 0 fully saturated rings. The van der Waals surface area contributed by atoms with Crippen LogP contribution in [0.25, 0.3) is 11.3 Å². The SMILES string of the molecule is COC(C)C(=O)Nc1cc(-c2ccccc2C)nn1C. The van der Waals surface area contributed by atoms with Gasteiger partial charge in [-0.2, -0.15) is 5.10 Å². The molecule has 1 atom stereocenters. The van der Waals surface area contributed by atoms with E-state index in [2.05, 4.69) is 10.4 Å². The third-order valence-electron chi connectivity index (χ3n) is 3.27. The first kappa shape index (κ1) is 14.3. The Balaban J connectivity index is 2.27. The minimum Gasteiger partial charge on any atom is -0.372 e. The zero-order valence-electron chi connectivity index (χ0n) is 12.2. The monoisotopic (exact) mass is 273 g/mol. The second kappa shape index (κ2) is 5.88. The number of hydrogen-bond acceptors (Lipinski definition) is 3. The maximum Gasteiger partial charge on any atom is 0.254 e. The van der Waals surface area contributed by atoms with Crippen molar-refractivity contribution >= 4 is 11.7 Å². The smallest absolute Gasteiger partial charge is 0.254 e. The Kier molecular flexibility index (Phi) is 4.20. The molecule has 1 N–H and O–H groups in total. The lowest BCUT2D eigenvalue weighted by Gasteiger charge is -2.09. The minimum atomic E-state index is -0.494. The van der Waals surface area contributed by atoms with Gasteiger partial charge in [-0.3, -0.25) is 9.48 Å². The molecule has 0 saturated carbocycles. The molecule has 1 aromatic carbocycles. The first-order valence-corrected chi connectivity index (χ1v) is 6.46. The van der Waals surface area contributed by atoms with E-state index in [0.717, 1.165) is 16.8 Å². The van der Waals surface area contributed by atoms with Crippen LogP contribution in [0.4, 0.5) is 5.82 Å². The molecular weight excluding hydrogens is 254 g/mol. The van der Waals surface area contributed by atoms with E-state index in [1.807, 2.05) is 37.3 Å². The van der Waals surface area contributed by atoms with Crippen LogP contribution in [0.5, 0.6) is 0 Å². The lowest BCUT2D eigenvalue weighted by Crippen LogP contribution is -2.27. The maximum atomic E-state index is 11.8. The number of methoxy groups -OCH3 is 1. The molecule has 0 aliphatic rings. The van der Waals surface area contributed by atoms with Crippen molar-refractivity contribution in [3.05, 3.63) is 35.9 Å². The van der Waals surface area contributed by atoms with Crippen LogP contribution in [-0.4, -0.2) is 28.9 Å². The molecule has 20 heavy (non-hydrogen) atoms. The fourth-order valence-electron chi connectivity index (χ4n) is 1.91. The van der Waals surface area contributed by atoms with E-state index in [-0.39, 0.29) is 5.91 Å². The number of nitrogens with zero attached hydrogens (tertiary/aromatic N) is 2. The van der Waals surface area contributed by atoms with Gasteiger partial charge in [-0.25, -0.2) is 0 Å². The second-order valence-corrected chi connectivity index (χ2v) is 4.72. The van der Waals surface area contributed by atoms with E-state index in [9.17, 15) is 4.79 Å². The molecule has 1 heterocycles. The van der Waals surface area contributed by atoms with Crippen LogP contribution in [0.2, 0.25) is 0 Å². The topological polar surface area (TPSA) is 56.1 Å². The average Bonchev–Trinajstić information content (AvgIpc) is 2.79. The largest absolute Gasteiger partial charge is 0.372 e. The quantitative estimate of drug-likeness (QED) is 0.930. The van der Waals surface area contributed by atoms with Crippen molar-refractivity contribution in [2.24, 2.45) is 7.05 Å². The molecule has 106 valence electrons. The molecule has 1 amide bonds. The van der Waals surface area contributed by atoms with E-state index >= 15 is 0 Å². The van der Waals surface area contributed by atoms with Crippen LogP contribution in [0, 0.1) is 6.92 Å². The number of carbonyl (C=O) groups excluding carboxylic acids is 1. The predicted molar refractivity (Wildman–Crippen MR) is 78.5 cm³/mol. The number of amides is 1. The van der Waals surface area contributed by atoms with Gasteiger partial charge in [0, 0.05) is 25.8 Å². The molecule has 0 aliphatic heterocycles. The fraction of sp³-hybridized carbons (Fsp3) is 0.333. The summed E-state index contributed by atoms with van der Waals surface area (Å²) in [7, 11) is 3.31. The van der Waals surface area contributed by atoms with Crippen molar-refractivity contribution in [1.82, 2.24) is 9.78 Å². The van der Waals surface area contributed by atoms with Gasteiger partial charge in [-0.05, 0) is 19.4 Å². The second-order valence-electron chi connectivity index (χ2n) is 4.72. The Morgan fingerprint density at radius 1 is 1.40 bits per heavy atom. The average molecular weight is 273 g/mol. The zero-order valence-corrected chi connectivity index (χ0v) is 12.2. The van der Waals surface area contributed by atoms with E-state index < -0.39 is 6.10 Å². The lowest BCUT2D eigenvalue weighted by molar-refractivity contribution is -0.124. The normalized spacial score (nSPS) is 12.2. The summed E-state index contributed by atoms with van der Waals surface area (Å²) in [5.74, 6) is 0.462. The number of ether oxygens (including phenoxy) is 1. The molecule has 0 saturated heterocycles. The number of anilines is 1. The van der Waals surface area contributed by atoms with Crippen molar-refractivity contribution in [3.8, 4) is 11.3 Å². The van der Waals surface area contributed by atoms with Crippen molar-refractivity contribution in [2.75, 3.05) is 12.4 Å². The number of aromatic nitrogens is 2. The summed E-state index contributed by atoms with van der Waals surface area (Å²) in [6, 6.07) is 9.88. The molecule has 0 spiro atoms. The van der Waals surface area contributed by atoms with Gasteiger partial charge in [0.05, 0.1) is 5.69 Å². The number of rotatable bonds is 4. The highest BCUT2D eigenvalue weighted by molar-refractivity contribution is 5.93. The molecule has 5 nitrogen and oxygen atoms in total. The summed E-state index contributed by atoms with van der Waals surface area (Å²) in [5, 5.41) is 7.25. The number of benzene rings is 1. The van der Waals surface area contributed by atoms with Crippen LogP contribution < -0.4 is 5.32 Å². The Hall–Kier alpha value is -2.14. The molecule has 5 heteroatoms. The third kappa shape index (κ3) is 2.88. The Bertz CT molecular complexity index is 619. The van der Waals surface area contributed by atoms with Gasteiger partial charge in [0.1, 0.15) is 11.9 Å². The summed E-state index contributed by atoms with van der Waals surface area (Å²) in [6.45, 7) is 3.74. The van der Waals surface area contributed by atoms with E-state index in [4.69, 9.17) is 4.74 Å². The molecule has 2 aromatic rings. The Morgan fingerprint density at radius 2 is 2.10 bits per heavy atom. The summed E-state index contributed by atoms with van der Waals surface area (Å²) < 4.78 is 6.65. The third-order valence-corrected chi connectivity index (χ3v) is 3.27. The predicted octanol–water partition coefficient (Wildman–Crippen LogP) is 2.37. The van der Waals surface area contributed by atoms with Crippen LogP contribution in [0.3, 0.4) is 0 Å². The first-order chi connectivity index (χ1) is 9.52. The zero-order chi connectivity index (χ0) is 14.7. The highest BCUT2D eigenvalue weighted by Crippen LogP contribution is 2.24. The van der Waals surface area contributed by atoms with Gasteiger partial charge in [-0.1, -0.05) is 24.3 Å². The molecule has 1 aromatic heterocycles. The Labute approximate surface area is 118 Å². The van der Waals surface area contributed by atoms with Gasteiger partial charge in [0.2, 0.25) is 0 Å². The van der Waals surface area contributed by atoms with E-state index in [0.29, 0.717) is 5.82 Å². The van der Waals surface area contributed by atoms with Crippen LogP contribution in [0.15, 0.2) is 30.3 Å². The van der Waals surface area contributed by atoms with Crippen LogP contribution >= 0.6 is 0 Å².